The van der Waals surface area contributed by atoms with E-state index in [4.69, 9.17) is 10.00 Å². The van der Waals surface area contributed by atoms with Gasteiger partial charge in [-0.2, -0.15) is 17.0 Å². The molecular weight excluding hydrogens is 158 g/mol. The maximum atomic E-state index is 8.85. The van der Waals surface area contributed by atoms with Crippen molar-refractivity contribution in [1.82, 2.24) is 0 Å². The van der Waals surface area contributed by atoms with Crippen LogP contribution in [0, 0.1) is 17.2 Å². The second-order valence-corrected chi connectivity index (χ2v) is 4.29. The van der Waals surface area contributed by atoms with Crippen LogP contribution in [0.15, 0.2) is 0 Å². The summed E-state index contributed by atoms with van der Waals surface area (Å²) >= 11 is 1.91. The van der Waals surface area contributed by atoms with Crippen LogP contribution in [0.3, 0.4) is 0 Å². The molecule has 2 aliphatic rings. The first kappa shape index (κ1) is 7.45. The Morgan fingerprint density at radius 2 is 2.55 bits per heavy atom. The third kappa shape index (κ3) is 1.05. The van der Waals surface area contributed by atoms with Crippen molar-refractivity contribution in [3.8, 4) is 6.07 Å². The van der Waals surface area contributed by atoms with Gasteiger partial charge in [0, 0.05) is 12.4 Å². The van der Waals surface area contributed by atoms with E-state index in [9.17, 15) is 0 Å². The summed E-state index contributed by atoms with van der Waals surface area (Å²) in [6.07, 6.45) is 2.02. The SMILES string of the molecule is N#CC1CCOC12CCSC2. The molecule has 0 bridgehead atoms. The van der Waals surface area contributed by atoms with Crippen LogP contribution < -0.4 is 0 Å². The van der Waals surface area contributed by atoms with Gasteiger partial charge < -0.3 is 4.74 Å². The van der Waals surface area contributed by atoms with Crippen LogP contribution in [-0.2, 0) is 4.74 Å². The van der Waals surface area contributed by atoms with E-state index in [0.717, 1.165) is 31.0 Å². The number of rotatable bonds is 0. The van der Waals surface area contributed by atoms with E-state index in [1.54, 1.807) is 0 Å². The van der Waals surface area contributed by atoms with E-state index in [1.165, 1.54) is 0 Å². The van der Waals surface area contributed by atoms with Crippen molar-refractivity contribution in [2.24, 2.45) is 5.92 Å². The molecule has 2 heterocycles. The molecule has 0 aromatic carbocycles. The molecule has 3 heteroatoms. The third-order valence-electron chi connectivity index (χ3n) is 2.60. The minimum atomic E-state index is -0.0422. The van der Waals surface area contributed by atoms with Gasteiger partial charge in [-0.05, 0) is 18.6 Å². The number of hydrogen-bond acceptors (Lipinski definition) is 3. The van der Waals surface area contributed by atoms with Crippen LogP contribution in [0.4, 0.5) is 0 Å². The Hall–Kier alpha value is -0.200. The average Bonchev–Trinajstić information content (AvgIpc) is 2.62. The Morgan fingerprint density at radius 1 is 1.64 bits per heavy atom. The van der Waals surface area contributed by atoms with Crippen molar-refractivity contribution in [1.29, 1.82) is 5.26 Å². The highest BCUT2D eigenvalue weighted by Crippen LogP contribution is 2.42. The first-order valence-electron chi connectivity index (χ1n) is 3.99. The van der Waals surface area contributed by atoms with Crippen LogP contribution in [0.5, 0.6) is 0 Å². The van der Waals surface area contributed by atoms with Crippen molar-refractivity contribution in [2.45, 2.75) is 18.4 Å². The molecule has 2 saturated heterocycles. The van der Waals surface area contributed by atoms with E-state index in [0.29, 0.717) is 0 Å². The first-order valence-corrected chi connectivity index (χ1v) is 5.14. The first-order chi connectivity index (χ1) is 5.37. The summed E-state index contributed by atoms with van der Waals surface area (Å²) in [7, 11) is 0. The Balaban J connectivity index is 2.17. The molecular formula is C8H11NOS. The number of nitriles is 1. The van der Waals surface area contributed by atoms with Crippen molar-refractivity contribution >= 4 is 11.8 Å². The summed E-state index contributed by atoms with van der Waals surface area (Å²) in [6.45, 7) is 0.790. The normalized spacial score (nSPS) is 43.0. The summed E-state index contributed by atoms with van der Waals surface area (Å²) in [5, 5.41) is 8.85. The Kier molecular flexibility index (Phi) is 1.82. The molecule has 0 aromatic heterocycles. The molecule has 2 rings (SSSR count). The number of ether oxygens (including phenoxy) is 1. The highest BCUT2D eigenvalue weighted by atomic mass is 32.2. The second-order valence-electron chi connectivity index (χ2n) is 3.19. The van der Waals surface area contributed by atoms with Crippen LogP contribution in [0.1, 0.15) is 12.8 Å². The molecule has 0 amide bonds. The maximum Gasteiger partial charge on any atom is 0.0938 e. The number of thioether (sulfide) groups is 1. The zero-order chi connectivity index (χ0) is 7.73. The lowest BCUT2D eigenvalue weighted by atomic mass is 9.88. The topological polar surface area (TPSA) is 33.0 Å². The highest BCUT2D eigenvalue weighted by molar-refractivity contribution is 7.99. The van der Waals surface area contributed by atoms with Crippen LogP contribution in [0.25, 0.3) is 0 Å². The van der Waals surface area contributed by atoms with E-state index in [-0.39, 0.29) is 11.5 Å². The van der Waals surface area contributed by atoms with E-state index in [1.807, 2.05) is 11.8 Å². The van der Waals surface area contributed by atoms with Crippen molar-refractivity contribution in [2.75, 3.05) is 18.1 Å². The fourth-order valence-electron chi connectivity index (χ4n) is 1.88. The Morgan fingerprint density at radius 3 is 3.18 bits per heavy atom. The monoisotopic (exact) mass is 169 g/mol. The summed E-state index contributed by atoms with van der Waals surface area (Å²) in [5.41, 5.74) is -0.0422. The van der Waals surface area contributed by atoms with E-state index >= 15 is 0 Å². The maximum absolute atomic E-state index is 8.85. The average molecular weight is 169 g/mol. The van der Waals surface area contributed by atoms with Gasteiger partial charge in [-0.3, -0.25) is 0 Å². The summed E-state index contributed by atoms with van der Waals surface area (Å²) < 4.78 is 5.66. The van der Waals surface area contributed by atoms with Gasteiger partial charge in [0.2, 0.25) is 0 Å². The van der Waals surface area contributed by atoms with Gasteiger partial charge in [-0.1, -0.05) is 0 Å². The minimum absolute atomic E-state index is 0.0422. The fraction of sp³-hybridized carbons (Fsp3) is 0.875. The van der Waals surface area contributed by atoms with Crippen LogP contribution in [-0.4, -0.2) is 23.7 Å². The zero-order valence-electron chi connectivity index (χ0n) is 6.38. The van der Waals surface area contributed by atoms with Gasteiger partial charge in [0.05, 0.1) is 17.6 Å². The van der Waals surface area contributed by atoms with Crippen LogP contribution >= 0.6 is 11.8 Å². The third-order valence-corrected chi connectivity index (χ3v) is 3.79. The molecule has 11 heavy (non-hydrogen) atoms. The Labute approximate surface area is 70.9 Å². The standard InChI is InChI=1S/C8H11NOS/c9-5-7-1-3-10-8(7)2-4-11-6-8/h7H,1-4,6H2. The molecule has 2 fully saturated rings. The lowest BCUT2D eigenvalue weighted by Gasteiger charge is -2.24. The molecule has 0 aliphatic carbocycles. The molecule has 0 N–H and O–H groups in total. The van der Waals surface area contributed by atoms with Gasteiger partial charge in [0.15, 0.2) is 0 Å². The lowest BCUT2D eigenvalue weighted by molar-refractivity contribution is 0.0129. The van der Waals surface area contributed by atoms with E-state index < -0.39 is 0 Å². The molecule has 1 spiro atoms. The molecule has 2 nitrogen and oxygen atoms in total. The van der Waals surface area contributed by atoms with Gasteiger partial charge >= 0.3 is 0 Å². The molecule has 0 saturated carbocycles. The molecule has 2 aliphatic heterocycles. The van der Waals surface area contributed by atoms with Gasteiger partial charge in [0.1, 0.15) is 0 Å². The van der Waals surface area contributed by atoms with E-state index in [2.05, 4.69) is 6.07 Å². The predicted molar refractivity (Wildman–Crippen MR) is 44.3 cm³/mol. The summed E-state index contributed by atoms with van der Waals surface area (Å²) in [6, 6.07) is 2.36. The quantitative estimate of drug-likeness (QED) is 0.550. The van der Waals surface area contributed by atoms with Gasteiger partial charge in [0.25, 0.3) is 0 Å². The zero-order valence-corrected chi connectivity index (χ0v) is 7.19. The highest BCUT2D eigenvalue weighted by Gasteiger charge is 2.46. The molecule has 2 unspecified atom stereocenters. The van der Waals surface area contributed by atoms with Crippen LogP contribution in [0.2, 0.25) is 0 Å². The largest absolute Gasteiger partial charge is 0.373 e. The molecule has 60 valence electrons. The summed E-state index contributed by atoms with van der Waals surface area (Å²) in [5.74, 6) is 2.36. The van der Waals surface area contributed by atoms with Crippen molar-refractivity contribution < 1.29 is 4.74 Å². The number of nitrogens with zero attached hydrogens (tertiary/aromatic N) is 1. The second kappa shape index (κ2) is 2.69. The fourth-order valence-corrected chi connectivity index (χ4v) is 3.29. The van der Waals surface area contributed by atoms with Crippen molar-refractivity contribution in [3.63, 3.8) is 0 Å². The Bertz CT molecular complexity index is 187. The molecule has 0 radical (unpaired) electrons. The minimum Gasteiger partial charge on any atom is -0.373 e. The predicted octanol–water partition coefficient (Wildman–Crippen LogP) is 1.42. The van der Waals surface area contributed by atoms with Gasteiger partial charge in [-0.25, -0.2) is 0 Å². The molecule has 0 aromatic rings. The number of hydrogen-bond donors (Lipinski definition) is 0. The summed E-state index contributed by atoms with van der Waals surface area (Å²) in [4.78, 5) is 0. The lowest BCUT2D eigenvalue weighted by Crippen LogP contribution is -2.34. The molecule has 2 atom stereocenters. The van der Waals surface area contributed by atoms with Gasteiger partial charge in [-0.15, -0.1) is 0 Å². The van der Waals surface area contributed by atoms with Crippen molar-refractivity contribution in [3.05, 3.63) is 0 Å². The smallest absolute Gasteiger partial charge is 0.0938 e.